The summed E-state index contributed by atoms with van der Waals surface area (Å²) in [6.45, 7) is 7.55. The van der Waals surface area contributed by atoms with Crippen LogP contribution in [-0.4, -0.2) is 28.6 Å². The maximum atomic E-state index is 4.63. The number of nitrogens with zero attached hydrogens (tertiary/aromatic N) is 3. The first-order chi connectivity index (χ1) is 10.8. The van der Waals surface area contributed by atoms with E-state index in [9.17, 15) is 0 Å². The van der Waals surface area contributed by atoms with E-state index < -0.39 is 0 Å². The predicted molar refractivity (Wildman–Crippen MR) is 106 cm³/mol. The third kappa shape index (κ3) is 7.02. The van der Waals surface area contributed by atoms with Gasteiger partial charge in [0.15, 0.2) is 5.96 Å². The van der Waals surface area contributed by atoms with E-state index in [4.69, 9.17) is 0 Å². The van der Waals surface area contributed by atoms with E-state index in [2.05, 4.69) is 63.3 Å². The predicted octanol–water partition coefficient (Wildman–Crippen LogP) is 3.01. The molecule has 2 rings (SSSR count). The molecule has 2 N–H and O–H groups in total. The van der Waals surface area contributed by atoms with Crippen molar-refractivity contribution in [3.05, 3.63) is 54.1 Å². The molecule has 0 bridgehead atoms. The van der Waals surface area contributed by atoms with Gasteiger partial charge in [-0.15, -0.1) is 24.0 Å². The van der Waals surface area contributed by atoms with Crippen molar-refractivity contribution in [2.75, 3.05) is 13.1 Å². The minimum absolute atomic E-state index is 0. The fraction of sp³-hybridized carbons (Fsp3) is 0.412. The van der Waals surface area contributed by atoms with Gasteiger partial charge in [-0.05, 0) is 24.5 Å². The van der Waals surface area contributed by atoms with Gasteiger partial charge in [0.1, 0.15) is 0 Å². The second-order valence-electron chi connectivity index (χ2n) is 5.18. The molecular weight excluding hydrogens is 401 g/mol. The van der Waals surface area contributed by atoms with Crippen molar-refractivity contribution in [2.24, 2.45) is 4.99 Å². The lowest BCUT2D eigenvalue weighted by molar-refractivity contribution is 0.783. The van der Waals surface area contributed by atoms with E-state index in [-0.39, 0.29) is 24.0 Å². The molecule has 0 saturated heterocycles. The van der Waals surface area contributed by atoms with Crippen LogP contribution in [0.3, 0.4) is 0 Å². The highest BCUT2D eigenvalue weighted by Gasteiger charge is 1.99. The van der Waals surface area contributed by atoms with Crippen LogP contribution >= 0.6 is 24.0 Å². The molecule has 126 valence electrons. The van der Waals surface area contributed by atoms with Crippen LogP contribution in [0.1, 0.15) is 31.4 Å². The van der Waals surface area contributed by atoms with Crippen molar-refractivity contribution in [1.82, 2.24) is 20.2 Å². The topological polar surface area (TPSA) is 54.2 Å². The molecule has 2 aromatic rings. The molecule has 0 atom stereocenters. The molecule has 0 spiro atoms. The monoisotopic (exact) mass is 427 g/mol. The zero-order chi connectivity index (χ0) is 15.6. The summed E-state index contributed by atoms with van der Waals surface area (Å²) in [5.74, 6) is 0.879. The molecule has 0 saturated carbocycles. The average molecular weight is 427 g/mol. The molecule has 0 amide bonds. The summed E-state index contributed by atoms with van der Waals surface area (Å²) < 4.78 is 2.06. The maximum absolute atomic E-state index is 4.63. The largest absolute Gasteiger partial charge is 0.357 e. The Bertz CT molecular complexity index is 580. The summed E-state index contributed by atoms with van der Waals surface area (Å²) in [6, 6.07) is 8.54. The van der Waals surface area contributed by atoms with Crippen LogP contribution in [0, 0.1) is 0 Å². The zero-order valence-corrected chi connectivity index (χ0v) is 16.2. The van der Waals surface area contributed by atoms with Gasteiger partial charge in [-0.2, -0.15) is 0 Å². The standard InChI is InChI=1S/C17H25N5.HI/c1-3-8-20-17(19-4-2)21-12-15-6-5-7-16(11-15)13-22-10-9-18-14-22;/h5-7,9-11,14H,3-4,8,12-13H2,1-2H3,(H2,19,20,21);1H. The highest BCUT2D eigenvalue weighted by molar-refractivity contribution is 14.0. The molecule has 1 aromatic heterocycles. The molecule has 5 nitrogen and oxygen atoms in total. The lowest BCUT2D eigenvalue weighted by Gasteiger charge is -2.10. The van der Waals surface area contributed by atoms with Gasteiger partial charge in [-0.1, -0.05) is 31.2 Å². The second kappa shape index (κ2) is 11.0. The zero-order valence-electron chi connectivity index (χ0n) is 13.8. The molecule has 0 aliphatic heterocycles. The molecule has 0 fully saturated rings. The highest BCUT2D eigenvalue weighted by atomic mass is 127. The van der Waals surface area contributed by atoms with Crippen molar-refractivity contribution in [2.45, 2.75) is 33.4 Å². The van der Waals surface area contributed by atoms with Crippen molar-refractivity contribution >= 4 is 29.9 Å². The number of hydrogen-bond donors (Lipinski definition) is 2. The van der Waals surface area contributed by atoms with Crippen molar-refractivity contribution in [3.8, 4) is 0 Å². The molecule has 0 unspecified atom stereocenters. The Labute approximate surface area is 155 Å². The first-order valence-corrected chi connectivity index (χ1v) is 7.87. The second-order valence-corrected chi connectivity index (χ2v) is 5.18. The van der Waals surface area contributed by atoms with Crippen LogP contribution in [-0.2, 0) is 13.1 Å². The van der Waals surface area contributed by atoms with Gasteiger partial charge in [-0.25, -0.2) is 9.98 Å². The van der Waals surface area contributed by atoms with E-state index in [1.54, 1.807) is 6.20 Å². The minimum atomic E-state index is 0. The maximum Gasteiger partial charge on any atom is 0.191 e. The molecule has 6 heteroatoms. The van der Waals surface area contributed by atoms with Gasteiger partial charge < -0.3 is 15.2 Å². The van der Waals surface area contributed by atoms with Gasteiger partial charge in [0.25, 0.3) is 0 Å². The molecule has 0 aliphatic rings. The number of benzene rings is 1. The lowest BCUT2D eigenvalue weighted by Crippen LogP contribution is -2.37. The number of aliphatic imine (C=N–C) groups is 1. The van der Waals surface area contributed by atoms with E-state index in [0.717, 1.165) is 32.0 Å². The third-order valence-electron chi connectivity index (χ3n) is 3.22. The van der Waals surface area contributed by atoms with Gasteiger partial charge in [0.05, 0.1) is 12.9 Å². The van der Waals surface area contributed by atoms with Gasteiger partial charge in [-0.3, -0.25) is 0 Å². The third-order valence-corrected chi connectivity index (χ3v) is 3.22. The SMILES string of the molecule is CCCNC(=NCc1cccc(Cn2ccnc2)c1)NCC.I. The Kier molecular flexibility index (Phi) is 9.35. The molecule has 23 heavy (non-hydrogen) atoms. The van der Waals surface area contributed by atoms with Crippen molar-refractivity contribution < 1.29 is 0 Å². The molecule has 1 aromatic carbocycles. The number of aromatic nitrogens is 2. The van der Waals surface area contributed by atoms with E-state index in [0.29, 0.717) is 6.54 Å². The smallest absolute Gasteiger partial charge is 0.191 e. The van der Waals surface area contributed by atoms with Crippen LogP contribution in [0.5, 0.6) is 0 Å². The summed E-state index contributed by atoms with van der Waals surface area (Å²) >= 11 is 0. The molecule has 0 radical (unpaired) electrons. The van der Waals surface area contributed by atoms with Gasteiger partial charge >= 0.3 is 0 Å². The van der Waals surface area contributed by atoms with Crippen LogP contribution in [0.2, 0.25) is 0 Å². The van der Waals surface area contributed by atoms with E-state index >= 15 is 0 Å². The van der Waals surface area contributed by atoms with Crippen LogP contribution in [0.25, 0.3) is 0 Å². The average Bonchev–Trinajstić information content (AvgIpc) is 3.03. The minimum Gasteiger partial charge on any atom is -0.357 e. The number of nitrogens with one attached hydrogen (secondary N) is 2. The summed E-state index contributed by atoms with van der Waals surface area (Å²) in [7, 11) is 0. The fourth-order valence-corrected chi connectivity index (χ4v) is 2.17. The van der Waals surface area contributed by atoms with Crippen molar-refractivity contribution in [1.29, 1.82) is 0 Å². The van der Waals surface area contributed by atoms with E-state index in [1.165, 1.54) is 11.1 Å². The first-order valence-electron chi connectivity index (χ1n) is 7.87. The van der Waals surface area contributed by atoms with E-state index in [1.807, 2.05) is 12.5 Å². The number of halogens is 1. The first kappa shape index (κ1) is 19.5. The summed E-state index contributed by atoms with van der Waals surface area (Å²) in [6.07, 6.45) is 6.70. The van der Waals surface area contributed by atoms with Crippen LogP contribution in [0.4, 0.5) is 0 Å². The summed E-state index contributed by atoms with van der Waals surface area (Å²) in [4.78, 5) is 8.71. The summed E-state index contributed by atoms with van der Waals surface area (Å²) in [5.41, 5.74) is 2.48. The molecule has 1 heterocycles. The van der Waals surface area contributed by atoms with Crippen LogP contribution in [0.15, 0.2) is 48.0 Å². The number of guanidine groups is 1. The lowest BCUT2D eigenvalue weighted by atomic mass is 10.1. The number of hydrogen-bond acceptors (Lipinski definition) is 2. The highest BCUT2D eigenvalue weighted by Crippen LogP contribution is 2.08. The molecule has 0 aliphatic carbocycles. The Morgan fingerprint density at radius 3 is 2.74 bits per heavy atom. The van der Waals surface area contributed by atoms with Gasteiger partial charge in [0.2, 0.25) is 0 Å². The van der Waals surface area contributed by atoms with Gasteiger partial charge in [0, 0.05) is 32.0 Å². The normalized spacial score (nSPS) is 11.0. The Morgan fingerprint density at radius 1 is 1.22 bits per heavy atom. The molecular formula is C17H26IN5. The Balaban J connectivity index is 0.00000264. The quantitative estimate of drug-likeness (QED) is 0.406. The Hall–Kier alpha value is -1.57. The fourth-order valence-electron chi connectivity index (χ4n) is 2.17. The van der Waals surface area contributed by atoms with Crippen molar-refractivity contribution in [3.63, 3.8) is 0 Å². The number of imidazole rings is 1. The van der Waals surface area contributed by atoms with Crippen LogP contribution < -0.4 is 10.6 Å². The number of rotatable bonds is 7. The summed E-state index contributed by atoms with van der Waals surface area (Å²) in [5, 5.41) is 6.58. The Morgan fingerprint density at radius 2 is 2.04 bits per heavy atom.